The summed E-state index contributed by atoms with van der Waals surface area (Å²) in [5.74, 6) is 0.550. The van der Waals surface area contributed by atoms with Crippen molar-refractivity contribution < 1.29 is 0 Å². The summed E-state index contributed by atoms with van der Waals surface area (Å²) in [5.41, 5.74) is 10.00. The summed E-state index contributed by atoms with van der Waals surface area (Å²) in [6, 6.07) is 9.72. The quantitative estimate of drug-likeness (QED) is 0.432. The van der Waals surface area contributed by atoms with E-state index in [0.29, 0.717) is 34.5 Å². The minimum Gasteiger partial charge on any atom is -0.383 e. The molecule has 6 rings (SSSR count). The summed E-state index contributed by atoms with van der Waals surface area (Å²) >= 11 is 0. The first-order chi connectivity index (χ1) is 16.6. The SMILES string of the molecule is CC1CC=CC=C1n1c(Cn2nc(-c3cn[nH]c3)c3c(N)ncnc32)cc2ccccc2c1=O. The van der Waals surface area contributed by atoms with Crippen LogP contribution in [0.2, 0.25) is 0 Å². The first kappa shape index (κ1) is 20.1. The molecule has 0 fully saturated rings. The molecule has 1 atom stereocenters. The standard InChI is InChI=1S/C25H22N8O/c1-15-6-2-5-9-20(15)33-18(10-16-7-3-4-8-19(16)25(33)34)13-32-24-21(23(26)27-14-28-24)22(31-32)17-11-29-30-12-17/h2-5,7-12,14-15H,6,13H2,1H3,(H,29,30)(H2,26,27,28). The van der Waals surface area contributed by atoms with E-state index in [-0.39, 0.29) is 11.5 Å². The molecule has 1 unspecified atom stereocenters. The molecule has 0 bridgehead atoms. The van der Waals surface area contributed by atoms with Gasteiger partial charge in [0.2, 0.25) is 0 Å². The van der Waals surface area contributed by atoms with Crippen LogP contribution < -0.4 is 11.3 Å². The molecule has 3 N–H and O–H groups in total. The summed E-state index contributed by atoms with van der Waals surface area (Å²) in [4.78, 5) is 22.3. The van der Waals surface area contributed by atoms with Crippen molar-refractivity contribution >= 4 is 33.3 Å². The number of nitrogens with one attached hydrogen (secondary N) is 1. The van der Waals surface area contributed by atoms with Crippen molar-refractivity contribution in [2.45, 2.75) is 19.9 Å². The summed E-state index contributed by atoms with van der Waals surface area (Å²) in [7, 11) is 0. The smallest absolute Gasteiger partial charge is 0.262 e. The van der Waals surface area contributed by atoms with Gasteiger partial charge < -0.3 is 5.73 Å². The Morgan fingerprint density at radius 3 is 2.94 bits per heavy atom. The van der Waals surface area contributed by atoms with E-state index in [2.05, 4.69) is 39.2 Å². The zero-order chi connectivity index (χ0) is 23.2. The molecule has 4 aromatic heterocycles. The number of nitrogens with two attached hydrogens (primary N) is 1. The molecule has 0 saturated heterocycles. The molecule has 1 aromatic carbocycles. The van der Waals surface area contributed by atoms with E-state index in [1.165, 1.54) is 6.33 Å². The molecule has 168 valence electrons. The van der Waals surface area contributed by atoms with Gasteiger partial charge >= 0.3 is 0 Å². The van der Waals surface area contributed by atoms with Gasteiger partial charge in [-0.2, -0.15) is 10.2 Å². The lowest BCUT2D eigenvalue weighted by Gasteiger charge is -2.23. The summed E-state index contributed by atoms with van der Waals surface area (Å²) in [6.45, 7) is 2.47. The molecule has 0 saturated carbocycles. The Hall–Kier alpha value is -4.53. The Balaban J connectivity index is 1.60. The number of fused-ring (bicyclic) bond motifs is 2. The summed E-state index contributed by atoms with van der Waals surface area (Å²) < 4.78 is 3.60. The molecule has 9 heteroatoms. The van der Waals surface area contributed by atoms with E-state index in [0.717, 1.165) is 28.8 Å². The van der Waals surface area contributed by atoms with Crippen molar-refractivity contribution in [1.82, 2.24) is 34.5 Å². The number of hydrogen-bond donors (Lipinski definition) is 2. The van der Waals surface area contributed by atoms with Crippen molar-refractivity contribution in [3.8, 4) is 11.3 Å². The molecule has 0 amide bonds. The highest BCUT2D eigenvalue weighted by Gasteiger charge is 2.22. The van der Waals surface area contributed by atoms with Gasteiger partial charge in [0.1, 0.15) is 17.8 Å². The van der Waals surface area contributed by atoms with Crippen LogP contribution in [-0.2, 0) is 6.54 Å². The molecule has 5 aromatic rings. The zero-order valence-corrected chi connectivity index (χ0v) is 18.5. The van der Waals surface area contributed by atoms with E-state index >= 15 is 0 Å². The highest BCUT2D eigenvalue weighted by atomic mass is 16.1. The van der Waals surface area contributed by atoms with Crippen LogP contribution in [0.15, 0.2) is 72.1 Å². The molecular weight excluding hydrogens is 428 g/mol. The van der Waals surface area contributed by atoms with Crippen molar-refractivity contribution in [2.75, 3.05) is 5.73 Å². The second-order valence-corrected chi connectivity index (χ2v) is 8.47. The van der Waals surface area contributed by atoms with Crippen LogP contribution in [0.1, 0.15) is 19.0 Å². The minimum absolute atomic E-state index is 0.0397. The topological polar surface area (TPSA) is 120 Å². The van der Waals surface area contributed by atoms with Gasteiger partial charge in [-0.05, 0) is 30.0 Å². The van der Waals surface area contributed by atoms with Crippen molar-refractivity contribution in [3.05, 3.63) is 83.3 Å². The van der Waals surface area contributed by atoms with Gasteiger partial charge in [-0.1, -0.05) is 37.3 Å². The molecule has 34 heavy (non-hydrogen) atoms. The predicted octanol–water partition coefficient (Wildman–Crippen LogP) is 3.60. The van der Waals surface area contributed by atoms with Gasteiger partial charge in [-0.3, -0.25) is 14.5 Å². The Morgan fingerprint density at radius 2 is 2.12 bits per heavy atom. The maximum Gasteiger partial charge on any atom is 0.262 e. The van der Waals surface area contributed by atoms with Gasteiger partial charge in [0, 0.05) is 34.5 Å². The van der Waals surface area contributed by atoms with Crippen LogP contribution in [0.3, 0.4) is 0 Å². The van der Waals surface area contributed by atoms with E-state index in [4.69, 9.17) is 10.8 Å². The molecular formula is C25H22N8O. The Kier molecular flexibility index (Phi) is 4.61. The lowest BCUT2D eigenvalue weighted by atomic mass is 9.98. The van der Waals surface area contributed by atoms with Gasteiger partial charge in [0.25, 0.3) is 5.56 Å². The highest BCUT2D eigenvalue weighted by molar-refractivity contribution is 5.98. The Bertz CT molecular complexity index is 1660. The average molecular weight is 451 g/mol. The first-order valence-electron chi connectivity index (χ1n) is 11.1. The lowest BCUT2D eigenvalue weighted by molar-refractivity contribution is 0.646. The fraction of sp³-hybridized carbons (Fsp3) is 0.160. The average Bonchev–Trinajstić information content (AvgIpc) is 3.49. The van der Waals surface area contributed by atoms with Crippen LogP contribution in [0, 0.1) is 5.92 Å². The van der Waals surface area contributed by atoms with E-state index in [1.54, 1.807) is 17.1 Å². The van der Waals surface area contributed by atoms with Crippen molar-refractivity contribution in [1.29, 1.82) is 0 Å². The number of benzene rings is 1. The van der Waals surface area contributed by atoms with Crippen LogP contribution >= 0.6 is 0 Å². The summed E-state index contributed by atoms with van der Waals surface area (Å²) in [5, 5.41) is 13.9. The third-order valence-corrected chi connectivity index (χ3v) is 6.30. The number of aromatic nitrogens is 7. The fourth-order valence-electron chi connectivity index (χ4n) is 4.62. The number of aromatic amines is 1. The Labute approximate surface area is 194 Å². The molecule has 4 heterocycles. The maximum absolute atomic E-state index is 13.7. The van der Waals surface area contributed by atoms with Crippen molar-refractivity contribution in [2.24, 2.45) is 5.92 Å². The minimum atomic E-state index is -0.0397. The first-order valence-corrected chi connectivity index (χ1v) is 11.1. The van der Waals surface area contributed by atoms with Gasteiger partial charge in [-0.25, -0.2) is 14.6 Å². The van der Waals surface area contributed by atoms with Gasteiger partial charge in [0.05, 0.1) is 18.1 Å². The number of H-pyrrole nitrogens is 1. The zero-order valence-electron chi connectivity index (χ0n) is 18.5. The van der Waals surface area contributed by atoms with E-state index in [9.17, 15) is 4.79 Å². The number of rotatable bonds is 4. The van der Waals surface area contributed by atoms with Gasteiger partial charge in [-0.15, -0.1) is 0 Å². The number of nitrogen functional groups attached to an aromatic ring is 1. The summed E-state index contributed by atoms with van der Waals surface area (Å²) in [6.07, 6.45) is 11.9. The fourth-order valence-corrected chi connectivity index (χ4v) is 4.62. The lowest BCUT2D eigenvalue weighted by Crippen LogP contribution is -2.27. The third kappa shape index (κ3) is 3.13. The van der Waals surface area contributed by atoms with Crippen LogP contribution in [0.5, 0.6) is 0 Å². The number of hydrogen-bond acceptors (Lipinski definition) is 6. The molecule has 9 nitrogen and oxygen atoms in total. The van der Waals surface area contributed by atoms with Gasteiger partial charge in [0.15, 0.2) is 5.65 Å². The maximum atomic E-state index is 13.7. The Morgan fingerprint density at radius 1 is 1.24 bits per heavy atom. The number of nitrogens with zero attached hydrogens (tertiary/aromatic N) is 6. The second-order valence-electron chi connectivity index (χ2n) is 8.47. The number of pyridine rings is 1. The largest absolute Gasteiger partial charge is 0.383 e. The number of anilines is 1. The van der Waals surface area contributed by atoms with Crippen molar-refractivity contribution in [3.63, 3.8) is 0 Å². The molecule has 0 spiro atoms. The predicted molar refractivity (Wildman–Crippen MR) is 132 cm³/mol. The number of allylic oxidation sites excluding steroid dienone is 4. The highest BCUT2D eigenvalue weighted by Crippen LogP contribution is 2.31. The molecule has 1 aliphatic carbocycles. The molecule has 0 aliphatic heterocycles. The van der Waals surface area contributed by atoms with Crippen LogP contribution in [0.4, 0.5) is 5.82 Å². The van der Waals surface area contributed by atoms with E-state index < -0.39 is 0 Å². The van der Waals surface area contributed by atoms with Crippen LogP contribution in [-0.4, -0.2) is 34.5 Å². The normalized spacial score (nSPS) is 15.8. The monoisotopic (exact) mass is 450 g/mol. The van der Waals surface area contributed by atoms with E-state index in [1.807, 2.05) is 41.0 Å². The second kappa shape index (κ2) is 7.80. The van der Waals surface area contributed by atoms with Crippen LogP contribution in [0.25, 0.3) is 38.8 Å². The third-order valence-electron chi connectivity index (χ3n) is 6.30. The molecule has 0 radical (unpaired) electrons. The molecule has 1 aliphatic rings.